The molecule has 0 radical (unpaired) electrons. The summed E-state index contributed by atoms with van der Waals surface area (Å²) in [6, 6.07) is 13.5. The SMILES string of the molecule is Cc1ccn2cc(-c3ccc(NC(=O)Nc4ccc(F)cc4F)cc3)nc2c1. The number of urea groups is 1. The van der Waals surface area contributed by atoms with Crippen LogP contribution in [0, 0.1) is 18.6 Å². The Labute approximate surface area is 159 Å². The van der Waals surface area contributed by atoms with Crippen molar-refractivity contribution >= 4 is 23.1 Å². The van der Waals surface area contributed by atoms with Gasteiger partial charge in [-0.05, 0) is 48.9 Å². The molecule has 0 spiro atoms. The summed E-state index contributed by atoms with van der Waals surface area (Å²) in [5.74, 6) is -1.55. The van der Waals surface area contributed by atoms with E-state index in [4.69, 9.17) is 0 Å². The van der Waals surface area contributed by atoms with Crippen LogP contribution < -0.4 is 10.6 Å². The maximum absolute atomic E-state index is 13.6. The van der Waals surface area contributed by atoms with Gasteiger partial charge in [0.05, 0.1) is 11.4 Å². The van der Waals surface area contributed by atoms with Gasteiger partial charge in [0.15, 0.2) is 0 Å². The number of anilines is 2. The number of halogens is 2. The molecule has 0 unspecified atom stereocenters. The van der Waals surface area contributed by atoms with Crippen molar-refractivity contribution in [2.75, 3.05) is 10.6 Å². The topological polar surface area (TPSA) is 58.4 Å². The van der Waals surface area contributed by atoms with Crippen LogP contribution >= 0.6 is 0 Å². The molecule has 0 saturated carbocycles. The molecule has 2 N–H and O–H groups in total. The van der Waals surface area contributed by atoms with Crippen molar-refractivity contribution in [3.63, 3.8) is 0 Å². The molecule has 4 aromatic rings. The Morgan fingerprint density at radius 1 is 1.00 bits per heavy atom. The molecular formula is C21H16F2N4O. The molecule has 2 aromatic heterocycles. The van der Waals surface area contributed by atoms with Gasteiger partial charge in [0.25, 0.3) is 0 Å². The number of amides is 2. The van der Waals surface area contributed by atoms with Gasteiger partial charge in [0, 0.05) is 29.7 Å². The van der Waals surface area contributed by atoms with Crippen molar-refractivity contribution in [2.24, 2.45) is 0 Å². The number of aryl methyl sites for hydroxylation is 1. The van der Waals surface area contributed by atoms with Crippen molar-refractivity contribution in [2.45, 2.75) is 6.92 Å². The number of nitrogens with zero attached hydrogens (tertiary/aromatic N) is 2. The molecule has 2 amide bonds. The summed E-state index contributed by atoms with van der Waals surface area (Å²) in [6.07, 6.45) is 3.89. The van der Waals surface area contributed by atoms with E-state index in [2.05, 4.69) is 15.6 Å². The van der Waals surface area contributed by atoms with E-state index in [-0.39, 0.29) is 5.69 Å². The molecule has 4 rings (SSSR count). The van der Waals surface area contributed by atoms with Gasteiger partial charge < -0.3 is 15.0 Å². The maximum atomic E-state index is 13.6. The molecule has 28 heavy (non-hydrogen) atoms. The summed E-state index contributed by atoms with van der Waals surface area (Å²) < 4.78 is 28.5. The van der Waals surface area contributed by atoms with Crippen LogP contribution in [0.1, 0.15) is 5.56 Å². The zero-order valence-electron chi connectivity index (χ0n) is 14.9. The summed E-state index contributed by atoms with van der Waals surface area (Å²) >= 11 is 0. The number of hydrogen-bond acceptors (Lipinski definition) is 2. The van der Waals surface area contributed by atoms with E-state index in [1.807, 2.05) is 48.0 Å². The second kappa shape index (κ2) is 7.11. The van der Waals surface area contributed by atoms with Gasteiger partial charge >= 0.3 is 6.03 Å². The van der Waals surface area contributed by atoms with Crippen molar-refractivity contribution in [1.29, 1.82) is 0 Å². The molecule has 0 saturated heterocycles. The van der Waals surface area contributed by atoms with Gasteiger partial charge in [-0.15, -0.1) is 0 Å². The lowest BCUT2D eigenvalue weighted by atomic mass is 10.1. The van der Waals surface area contributed by atoms with Crippen molar-refractivity contribution < 1.29 is 13.6 Å². The molecule has 0 fully saturated rings. The Bertz CT molecular complexity index is 1170. The van der Waals surface area contributed by atoms with E-state index in [0.29, 0.717) is 11.8 Å². The number of pyridine rings is 1. The van der Waals surface area contributed by atoms with Gasteiger partial charge in [0.2, 0.25) is 0 Å². The lowest BCUT2D eigenvalue weighted by Crippen LogP contribution is -2.20. The minimum Gasteiger partial charge on any atom is -0.308 e. The van der Waals surface area contributed by atoms with Crippen LogP contribution in [0.5, 0.6) is 0 Å². The quantitative estimate of drug-likeness (QED) is 0.513. The van der Waals surface area contributed by atoms with Crippen LogP contribution in [-0.2, 0) is 0 Å². The van der Waals surface area contributed by atoms with E-state index in [9.17, 15) is 13.6 Å². The first-order valence-corrected chi connectivity index (χ1v) is 8.57. The third-order valence-corrected chi connectivity index (χ3v) is 4.23. The third-order valence-electron chi connectivity index (χ3n) is 4.23. The summed E-state index contributed by atoms with van der Waals surface area (Å²) in [5, 5.41) is 4.96. The summed E-state index contributed by atoms with van der Waals surface area (Å²) in [7, 11) is 0. The molecule has 140 valence electrons. The predicted octanol–water partition coefficient (Wildman–Crippen LogP) is 5.23. The monoisotopic (exact) mass is 378 g/mol. The van der Waals surface area contributed by atoms with Crippen molar-refractivity contribution in [3.05, 3.63) is 84.2 Å². The average Bonchev–Trinajstić information content (AvgIpc) is 3.08. The zero-order chi connectivity index (χ0) is 19.7. The lowest BCUT2D eigenvalue weighted by Gasteiger charge is -2.09. The molecule has 0 bridgehead atoms. The van der Waals surface area contributed by atoms with Crippen molar-refractivity contribution in [1.82, 2.24) is 9.38 Å². The largest absolute Gasteiger partial charge is 0.323 e. The Morgan fingerprint density at radius 3 is 2.54 bits per heavy atom. The minimum absolute atomic E-state index is 0.101. The highest BCUT2D eigenvalue weighted by Gasteiger charge is 2.09. The van der Waals surface area contributed by atoms with Crippen LogP contribution in [0.2, 0.25) is 0 Å². The smallest absolute Gasteiger partial charge is 0.308 e. The second-order valence-electron chi connectivity index (χ2n) is 6.38. The Hall–Kier alpha value is -3.74. The van der Waals surface area contributed by atoms with E-state index in [1.54, 1.807) is 12.1 Å². The zero-order valence-corrected chi connectivity index (χ0v) is 14.9. The van der Waals surface area contributed by atoms with Crippen LogP contribution in [0.25, 0.3) is 16.9 Å². The molecule has 0 aliphatic carbocycles. The molecule has 2 heterocycles. The van der Waals surface area contributed by atoms with E-state index in [0.717, 1.165) is 28.5 Å². The average molecular weight is 378 g/mol. The van der Waals surface area contributed by atoms with Crippen LogP contribution in [0.4, 0.5) is 25.0 Å². The van der Waals surface area contributed by atoms with Gasteiger partial charge in [0.1, 0.15) is 17.3 Å². The fourth-order valence-corrected chi connectivity index (χ4v) is 2.82. The molecule has 0 aliphatic rings. The summed E-state index contributed by atoms with van der Waals surface area (Å²) in [4.78, 5) is 16.6. The van der Waals surface area contributed by atoms with Gasteiger partial charge in [-0.1, -0.05) is 12.1 Å². The van der Waals surface area contributed by atoms with Crippen LogP contribution in [0.3, 0.4) is 0 Å². The lowest BCUT2D eigenvalue weighted by molar-refractivity contribution is 0.262. The van der Waals surface area contributed by atoms with Gasteiger partial charge in [-0.2, -0.15) is 0 Å². The second-order valence-corrected chi connectivity index (χ2v) is 6.38. The summed E-state index contributed by atoms with van der Waals surface area (Å²) in [6.45, 7) is 2.01. The normalized spacial score (nSPS) is 10.8. The number of carbonyl (C=O) groups excluding carboxylic acids is 1. The molecular weight excluding hydrogens is 362 g/mol. The number of carbonyl (C=O) groups is 1. The molecule has 0 atom stereocenters. The first-order valence-electron chi connectivity index (χ1n) is 8.57. The third kappa shape index (κ3) is 3.68. The predicted molar refractivity (Wildman–Crippen MR) is 104 cm³/mol. The van der Waals surface area contributed by atoms with Crippen LogP contribution in [0.15, 0.2) is 67.0 Å². The highest BCUT2D eigenvalue weighted by atomic mass is 19.1. The number of fused-ring (bicyclic) bond motifs is 1. The number of rotatable bonds is 3. The fourth-order valence-electron chi connectivity index (χ4n) is 2.82. The van der Waals surface area contributed by atoms with Gasteiger partial charge in [-0.3, -0.25) is 0 Å². The summed E-state index contributed by atoms with van der Waals surface area (Å²) in [5.41, 5.74) is 4.14. The van der Waals surface area contributed by atoms with Crippen LogP contribution in [-0.4, -0.2) is 15.4 Å². The number of hydrogen-bond donors (Lipinski definition) is 2. The number of nitrogens with one attached hydrogen (secondary N) is 2. The Balaban J connectivity index is 1.47. The highest BCUT2D eigenvalue weighted by molar-refractivity contribution is 5.99. The standard InChI is InChI=1S/C21H16F2N4O/c1-13-8-9-27-12-19(25-20(27)10-13)14-2-5-16(6-3-14)24-21(28)26-18-7-4-15(22)11-17(18)23/h2-12H,1H3,(H2,24,26,28). The highest BCUT2D eigenvalue weighted by Crippen LogP contribution is 2.22. The molecule has 0 aliphatic heterocycles. The van der Waals surface area contributed by atoms with Gasteiger partial charge in [-0.25, -0.2) is 18.6 Å². The first-order chi connectivity index (χ1) is 13.5. The minimum atomic E-state index is -0.840. The Kier molecular flexibility index (Phi) is 4.49. The Morgan fingerprint density at radius 2 is 1.79 bits per heavy atom. The molecule has 2 aromatic carbocycles. The number of benzene rings is 2. The molecule has 5 nitrogen and oxygen atoms in total. The van der Waals surface area contributed by atoms with Crippen molar-refractivity contribution in [3.8, 4) is 11.3 Å². The first kappa shape index (κ1) is 17.7. The van der Waals surface area contributed by atoms with E-state index >= 15 is 0 Å². The number of imidazole rings is 1. The van der Waals surface area contributed by atoms with E-state index < -0.39 is 17.7 Å². The maximum Gasteiger partial charge on any atom is 0.323 e. The number of aromatic nitrogens is 2. The molecule has 7 heteroatoms. The van der Waals surface area contributed by atoms with E-state index in [1.165, 1.54) is 6.07 Å². The fraction of sp³-hybridized carbons (Fsp3) is 0.0476.